The van der Waals surface area contributed by atoms with Crippen molar-refractivity contribution in [2.45, 2.75) is 13.0 Å². The van der Waals surface area contributed by atoms with E-state index in [-0.39, 0.29) is 0 Å². The van der Waals surface area contributed by atoms with Crippen LogP contribution in [-0.2, 0) is 9.47 Å². The maximum atomic E-state index is 5.41. The van der Waals surface area contributed by atoms with Crippen LogP contribution < -0.4 is 0 Å². The molecule has 1 aliphatic heterocycles. The molecular weight excluding hydrogens is 142 g/mol. The van der Waals surface area contributed by atoms with Gasteiger partial charge in [-0.15, -0.1) is 0 Å². The lowest BCUT2D eigenvalue weighted by atomic mass is 10.3. The molecule has 0 N–H and O–H groups in total. The predicted molar refractivity (Wildman–Crippen MR) is 43.7 cm³/mol. The van der Waals surface area contributed by atoms with Gasteiger partial charge in [-0.25, -0.2) is 0 Å². The second-order valence-corrected chi connectivity index (χ2v) is 2.97. The molecule has 66 valence electrons. The van der Waals surface area contributed by atoms with E-state index in [1.54, 1.807) is 7.11 Å². The Balaban J connectivity index is 2.12. The monoisotopic (exact) mass is 159 g/mol. The second-order valence-electron chi connectivity index (χ2n) is 2.97. The van der Waals surface area contributed by atoms with Gasteiger partial charge in [-0.1, -0.05) is 0 Å². The highest BCUT2D eigenvalue weighted by atomic mass is 16.5. The molecule has 0 aromatic rings. The first-order valence-corrected chi connectivity index (χ1v) is 4.16. The molecule has 0 aromatic carbocycles. The zero-order valence-corrected chi connectivity index (χ0v) is 7.38. The van der Waals surface area contributed by atoms with Crippen molar-refractivity contribution in [1.29, 1.82) is 0 Å². The number of hydrogen-bond acceptors (Lipinski definition) is 3. The van der Waals surface area contributed by atoms with Gasteiger partial charge in [-0.2, -0.15) is 0 Å². The van der Waals surface area contributed by atoms with E-state index in [1.807, 2.05) is 0 Å². The Morgan fingerprint density at radius 1 is 1.64 bits per heavy atom. The van der Waals surface area contributed by atoms with Gasteiger partial charge in [0.15, 0.2) is 0 Å². The van der Waals surface area contributed by atoms with E-state index in [0.29, 0.717) is 6.10 Å². The molecule has 0 aliphatic carbocycles. The molecule has 1 rings (SSSR count). The zero-order valence-electron chi connectivity index (χ0n) is 7.38. The van der Waals surface area contributed by atoms with Gasteiger partial charge in [0.25, 0.3) is 0 Å². The van der Waals surface area contributed by atoms with Crippen molar-refractivity contribution in [3.05, 3.63) is 0 Å². The molecule has 0 amide bonds. The van der Waals surface area contributed by atoms with E-state index >= 15 is 0 Å². The lowest BCUT2D eigenvalue weighted by molar-refractivity contribution is -0.0244. The first-order valence-electron chi connectivity index (χ1n) is 4.16. The summed E-state index contributed by atoms with van der Waals surface area (Å²) in [5, 5.41) is 0. The van der Waals surface area contributed by atoms with Crippen LogP contribution in [0.2, 0.25) is 0 Å². The van der Waals surface area contributed by atoms with Crippen LogP contribution >= 0.6 is 0 Å². The molecule has 1 fully saturated rings. The third kappa shape index (κ3) is 3.18. The van der Waals surface area contributed by atoms with Crippen molar-refractivity contribution in [2.75, 3.05) is 40.0 Å². The van der Waals surface area contributed by atoms with Gasteiger partial charge in [-0.3, -0.25) is 4.90 Å². The van der Waals surface area contributed by atoms with Crippen molar-refractivity contribution in [3.8, 4) is 0 Å². The van der Waals surface area contributed by atoms with E-state index in [0.717, 1.165) is 32.8 Å². The van der Waals surface area contributed by atoms with Crippen molar-refractivity contribution in [2.24, 2.45) is 0 Å². The van der Waals surface area contributed by atoms with Gasteiger partial charge >= 0.3 is 0 Å². The smallest absolute Gasteiger partial charge is 0.0674 e. The second kappa shape index (κ2) is 4.70. The molecule has 1 atom stereocenters. The molecule has 0 unspecified atom stereocenters. The summed E-state index contributed by atoms with van der Waals surface area (Å²) in [5.74, 6) is 0. The third-order valence-electron chi connectivity index (χ3n) is 1.94. The van der Waals surface area contributed by atoms with Crippen molar-refractivity contribution in [3.63, 3.8) is 0 Å². The van der Waals surface area contributed by atoms with Crippen LogP contribution in [0, 0.1) is 0 Å². The predicted octanol–water partition coefficient (Wildman–Crippen LogP) is 0.354. The third-order valence-corrected chi connectivity index (χ3v) is 1.94. The van der Waals surface area contributed by atoms with Crippen LogP contribution in [-0.4, -0.2) is 51.0 Å². The summed E-state index contributed by atoms with van der Waals surface area (Å²) in [5.41, 5.74) is 0. The molecule has 0 aromatic heterocycles. The van der Waals surface area contributed by atoms with Crippen LogP contribution in [0.25, 0.3) is 0 Å². The summed E-state index contributed by atoms with van der Waals surface area (Å²) in [6, 6.07) is 0. The van der Waals surface area contributed by atoms with E-state index in [4.69, 9.17) is 9.47 Å². The average molecular weight is 159 g/mol. The highest BCUT2D eigenvalue weighted by Crippen LogP contribution is 2.02. The van der Waals surface area contributed by atoms with Gasteiger partial charge in [0.1, 0.15) is 0 Å². The standard InChI is InChI=1S/C8H17NO2/c1-8-7-9(3-5-10-2)4-6-11-8/h8H,3-7H2,1-2H3/t8-/m0/s1. The van der Waals surface area contributed by atoms with E-state index in [9.17, 15) is 0 Å². The fourth-order valence-electron chi connectivity index (χ4n) is 1.31. The van der Waals surface area contributed by atoms with Gasteiger partial charge < -0.3 is 9.47 Å². The number of nitrogens with zero attached hydrogens (tertiary/aromatic N) is 1. The first kappa shape index (κ1) is 8.97. The molecule has 1 saturated heterocycles. The van der Waals surface area contributed by atoms with Crippen molar-refractivity contribution < 1.29 is 9.47 Å². The number of methoxy groups -OCH3 is 1. The maximum Gasteiger partial charge on any atom is 0.0674 e. The Labute approximate surface area is 68.3 Å². The minimum Gasteiger partial charge on any atom is -0.383 e. The Kier molecular flexibility index (Phi) is 3.83. The Bertz CT molecular complexity index is 108. The van der Waals surface area contributed by atoms with Gasteiger partial charge in [-0.05, 0) is 6.92 Å². The molecule has 0 bridgehead atoms. The van der Waals surface area contributed by atoms with E-state index in [1.165, 1.54) is 0 Å². The first-order chi connectivity index (χ1) is 5.33. The zero-order chi connectivity index (χ0) is 8.10. The molecule has 11 heavy (non-hydrogen) atoms. The molecule has 1 aliphatic rings. The molecule has 3 heteroatoms. The lowest BCUT2D eigenvalue weighted by Crippen LogP contribution is -2.42. The SMILES string of the molecule is COCCN1CCO[C@@H](C)C1. The Morgan fingerprint density at radius 3 is 3.09 bits per heavy atom. The normalized spacial score (nSPS) is 27.3. The molecule has 3 nitrogen and oxygen atoms in total. The highest BCUT2D eigenvalue weighted by molar-refractivity contribution is 4.66. The summed E-state index contributed by atoms with van der Waals surface area (Å²) in [4.78, 5) is 2.37. The van der Waals surface area contributed by atoms with Crippen molar-refractivity contribution in [1.82, 2.24) is 4.90 Å². The summed E-state index contributed by atoms with van der Waals surface area (Å²) in [6.07, 6.45) is 0.389. The molecule has 0 radical (unpaired) electrons. The number of morpholine rings is 1. The van der Waals surface area contributed by atoms with Gasteiger partial charge in [0.2, 0.25) is 0 Å². The summed E-state index contributed by atoms with van der Waals surface area (Å²) < 4.78 is 10.4. The number of rotatable bonds is 3. The van der Waals surface area contributed by atoms with Gasteiger partial charge in [0.05, 0.1) is 19.3 Å². The largest absolute Gasteiger partial charge is 0.383 e. The quantitative estimate of drug-likeness (QED) is 0.593. The van der Waals surface area contributed by atoms with Crippen LogP contribution in [0.3, 0.4) is 0 Å². The topological polar surface area (TPSA) is 21.7 Å². The Hall–Kier alpha value is -0.120. The van der Waals surface area contributed by atoms with Crippen LogP contribution in [0.15, 0.2) is 0 Å². The van der Waals surface area contributed by atoms with Crippen LogP contribution in [0.4, 0.5) is 0 Å². The maximum absolute atomic E-state index is 5.41. The van der Waals surface area contributed by atoms with E-state index < -0.39 is 0 Å². The molecular formula is C8H17NO2. The summed E-state index contributed by atoms with van der Waals surface area (Å²) in [7, 11) is 1.74. The van der Waals surface area contributed by atoms with E-state index in [2.05, 4.69) is 11.8 Å². The molecule has 0 spiro atoms. The number of ether oxygens (including phenoxy) is 2. The van der Waals surface area contributed by atoms with Crippen LogP contribution in [0.5, 0.6) is 0 Å². The fraction of sp³-hybridized carbons (Fsp3) is 1.00. The summed E-state index contributed by atoms with van der Waals surface area (Å²) in [6.45, 7) is 6.93. The van der Waals surface area contributed by atoms with Crippen molar-refractivity contribution >= 4 is 0 Å². The Morgan fingerprint density at radius 2 is 2.45 bits per heavy atom. The molecule has 0 saturated carbocycles. The van der Waals surface area contributed by atoms with Gasteiger partial charge in [0, 0.05) is 26.7 Å². The minimum atomic E-state index is 0.389. The minimum absolute atomic E-state index is 0.389. The number of hydrogen-bond donors (Lipinski definition) is 0. The van der Waals surface area contributed by atoms with Crippen LogP contribution in [0.1, 0.15) is 6.92 Å². The fourth-order valence-corrected chi connectivity index (χ4v) is 1.31. The average Bonchev–Trinajstić information content (AvgIpc) is 2.01. The molecule has 1 heterocycles. The lowest BCUT2D eigenvalue weighted by Gasteiger charge is -2.30. The summed E-state index contributed by atoms with van der Waals surface area (Å²) >= 11 is 0. The highest BCUT2D eigenvalue weighted by Gasteiger charge is 2.15.